The van der Waals surface area contributed by atoms with E-state index in [2.05, 4.69) is 21.3 Å². The zero-order chi connectivity index (χ0) is 42.6. The number of rotatable bonds is 12. The van der Waals surface area contributed by atoms with Crippen molar-refractivity contribution in [1.82, 2.24) is 15.2 Å². The average Bonchev–Trinajstić information content (AvgIpc) is 3.60. The number of ether oxygens (including phenoxy) is 4. The fourth-order valence-electron chi connectivity index (χ4n) is 7.56. The van der Waals surface area contributed by atoms with Gasteiger partial charge < -0.3 is 30.0 Å². The number of nitrogens with one attached hydrogen (secondary N) is 1. The van der Waals surface area contributed by atoms with Crippen molar-refractivity contribution in [3.8, 4) is 34.4 Å². The molecule has 6 aromatic rings. The summed E-state index contributed by atoms with van der Waals surface area (Å²) in [6.07, 6.45) is 0.248. The summed E-state index contributed by atoms with van der Waals surface area (Å²) in [4.78, 5) is 35.0. The van der Waals surface area contributed by atoms with Crippen molar-refractivity contribution in [3.63, 3.8) is 0 Å². The van der Waals surface area contributed by atoms with Gasteiger partial charge in [-0.2, -0.15) is 5.26 Å². The van der Waals surface area contributed by atoms with E-state index in [1.54, 1.807) is 24.3 Å². The minimum atomic E-state index is -0.928. The third-order valence-electron chi connectivity index (χ3n) is 10.9. The minimum Gasteiger partial charge on any atom is -0.489 e. The molecule has 61 heavy (non-hydrogen) atoms. The van der Waals surface area contributed by atoms with Crippen molar-refractivity contribution < 1.29 is 28.5 Å². The van der Waals surface area contributed by atoms with Crippen LogP contribution < -0.4 is 25.3 Å². The molecule has 1 amide bonds. The number of hydrogen-bond acceptors (Lipinski definition) is 11. The monoisotopic (exact) mass is 873 g/mol. The Morgan fingerprint density at radius 2 is 1.66 bits per heavy atom. The smallest absolute Gasteiger partial charge is 0.328 e. The van der Waals surface area contributed by atoms with Gasteiger partial charge in [0.2, 0.25) is 5.91 Å². The molecule has 11 nitrogen and oxygen atoms in total. The van der Waals surface area contributed by atoms with Crippen molar-refractivity contribution in [2.45, 2.75) is 57.6 Å². The lowest BCUT2D eigenvalue weighted by molar-refractivity contribution is -0.145. The summed E-state index contributed by atoms with van der Waals surface area (Å²) < 4.78 is 24.0. The molecule has 3 atom stereocenters. The highest BCUT2D eigenvalue weighted by molar-refractivity contribution is 7.15. The minimum absolute atomic E-state index is 0.230. The van der Waals surface area contributed by atoms with Crippen LogP contribution in [0, 0.1) is 18.3 Å². The zero-order valence-corrected chi connectivity index (χ0v) is 35.7. The number of nitriles is 1. The summed E-state index contributed by atoms with van der Waals surface area (Å²) in [6.45, 7) is 3.40. The molecule has 310 valence electrons. The lowest BCUT2D eigenvalue weighted by atomic mass is 9.92. The van der Waals surface area contributed by atoms with Gasteiger partial charge in [0, 0.05) is 24.4 Å². The Bertz CT molecular complexity index is 2610. The second-order valence-corrected chi connectivity index (χ2v) is 16.9. The summed E-state index contributed by atoms with van der Waals surface area (Å²) in [6, 6.07) is 32.8. The second kappa shape index (κ2) is 18.3. The molecule has 0 radical (unpaired) electrons. The standard InChI is InChI=1S/C47H41Cl2N5O6S/c1-27-44(61-47(51)52-27)24-54-23-35-21-42-41(59-26-43(60-42)33-12-14-36(15-13-33)58-25-30-7-16-37(48)38(49)17-30)20-34(35)19-40(54)45(55)53-39(46(56)57-2)18-28-3-8-31(9-4-28)32-10-5-29(22-50)6-11-32/h3-17,20-21,39-40,43H,18-19,23-26H2,1-2H3,(H2,51,52)(H,53,55)/t39-,40-,43?/m0/s1. The number of esters is 1. The van der Waals surface area contributed by atoms with Crippen LogP contribution in [0.5, 0.6) is 17.2 Å². The Kier molecular flexibility index (Phi) is 12.5. The molecule has 0 saturated carbocycles. The van der Waals surface area contributed by atoms with Gasteiger partial charge in [0.05, 0.1) is 40.5 Å². The van der Waals surface area contributed by atoms with E-state index in [1.807, 2.05) is 85.8 Å². The highest BCUT2D eigenvalue weighted by atomic mass is 35.5. The molecule has 0 spiro atoms. The predicted octanol–water partition coefficient (Wildman–Crippen LogP) is 8.80. The first-order chi connectivity index (χ1) is 29.5. The average molecular weight is 875 g/mol. The summed E-state index contributed by atoms with van der Waals surface area (Å²) in [7, 11) is 1.32. The number of halogens is 2. The molecular formula is C47H41Cl2N5O6S. The maximum Gasteiger partial charge on any atom is 0.328 e. The predicted molar refractivity (Wildman–Crippen MR) is 235 cm³/mol. The van der Waals surface area contributed by atoms with Crippen LogP contribution >= 0.6 is 34.5 Å². The SMILES string of the molecule is COC(=O)[C@H](Cc1ccc(-c2ccc(C#N)cc2)cc1)NC(=O)[C@@H]1Cc2cc3c(cc2CN1Cc1sc(N)nc1C)OC(c1ccc(OCc2ccc(Cl)c(Cl)c2)cc1)CO3. The van der Waals surface area contributed by atoms with Crippen LogP contribution in [0.2, 0.25) is 10.0 Å². The highest BCUT2D eigenvalue weighted by Gasteiger charge is 2.36. The van der Waals surface area contributed by atoms with Gasteiger partial charge in [0.25, 0.3) is 0 Å². The fourth-order valence-corrected chi connectivity index (χ4v) is 8.74. The van der Waals surface area contributed by atoms with Crippen molar-refractivity contribution in [2.24, 2.45) is 0 Å². The molecule has 0 aliphatic carbocycles. The Balaban J connectivity index is 0.977. The molecule has 8 rings (SSSR count). The van der Waals surface area contributed by atoms with E-state index >= 15 is 0 Å². The number of nitrogen functional groups attached to an aromatic ring is 1. The second-order valence-electron chi connectivity index (χ2n) is 15.0. The summed E-state index contributed by atoms with van der Waals surface area (Å²) in [5, 5.41) is 13.6. The highest BCUT2D eigenvalue weighted by Crippen LogP contribution is 2.41. The van der Waals surface area contributed by atoms with Crippen LogP contribution in [0.25, 0.3) is 11.1 Å². The number of anilines is 1. The molecule has 0 bridgehead atoms. The number of hydrogen-bond donors (Lipinski definition) is 2. The summed E-state index contributed by atoms with van der Waals surface area (Å²) in [5.41, 5.74) is 14.1. The molecule has 3 N–H and O–H groups in total. The van der Waals surface area contributed by atoms with Gasteiger partial charge in [-0.15, -0.1) is 11.3 Å². The van der Waals surface area contributed by atoms with Gasteiger partial charge >= 0.3 is 5.97 Å². The van der Waals surface area contributed by atoms with E-state index in [0.717, 1.165) is 49.5 Å². The zero-order valence-electron chi connectivity index (χ0n) is 33.3. The molecular weight excluding hydrogens is 834 g/mol. The first kappa shape index (κ1) is 41.6. The van der Waals surface area contributed by atoms with Crippen molar-refractivity contribution in [2.75, 3.05) is 19.5 Å². The molecule has 2 aliphatic rings. The van der Waals surface area contributed by atoms with E-state index < -0.39 is 18.1 Å². The third-order valence-corrected chi connectivity index (χ3v) is 12.6. The Morgan fingerprint density at radius 1 is 0.951 bits per heavy atom. The van der Waals surface area contributed by atoms with Crippen LogP contribution in [-0.2, 0) is 46.9 Å². The van der Waals surface area contributed by atoms with E-state index in [-0.39, 0.29) is 18.4 Å². The number of fused-ring (bicyclic) bond motifs is 2. The lowest BCUT2D eigenvalue weighted by Gasteiger charge is -2.37. The number of thiazole rings is 1. The third kappa shape index (κ3) is 9.61. The number of aromatic nitrogens is 1. The molecule has 14 heteroatoms. The number of methoxy groups -OCH3 is 1. The van der Waals surface area contributed by atoms with Gasteiger partial charge in [-0.1, -0.05) is 77.8 Å². The van der Waals surface area contributed by atoms with E-state index in [4.69, 9.17) is 53.1 Å². The van der Waals surface area contributed by atoms with Crippen molar-refractivity contribution >= 4 is 51.5 Å². The first-order valence-electron chi connectivity index (χ1n) is 19.6. The van der Waals surface area contributed by atoms with E-state index in [0.29, 0.717) is 70.7 Å². The number of carbonyl (C=O) groups is 2. The number of amides is 1. The van der Waals surface area contributed by atoms with E-state index in [1.165, 1.54) is 18.4 Å². The molecule has 2 aliphatic heterocycles. The number of nitrogens with zero attached hydrogens (tertiary/aromatic N) is 3. The number of benzene rings is 5. The van der Waals surface area contributed by atoms with Crippen LogP contribution in [0.3, 0.4) is 0 Å². The number of nitrogens with two attached hydrogens (primary N) is 1. The maximum atomic E-state index is 14.4. The van der Waals surface area contributed by atoms with Gasteiger partial charge in [0.1, 0.15) is 25.0 Å². The Morgan fingerprint density at radius 3 is 2.33 bits per heavy atom. The molecule has 1 aromatic heterocycles. The topological polar surface area (TPSA) is 149 Å². The first-order valence-corrected chi connectivity index (χ1v) is 21.2. The van der Waals surface area contributed by atoms with Gasteiger partial charge in [-0.3, -0.25) is 9.69 Å². The molecule has 1 unspecified atom stereocenters. The normalized spacial score (nSPS) is 16.2. The lowest BCUT2D eigenvalue weighted by Crippen LogP contribution is -2.54. The molecule has 0 saturated heterocycles. The van der Waals surface area contributed by atoms with Crippen molar-refractivity contribution in [1.29, 1.82) is 5.26 Å². The van der Waals surface area contributed by atoms with Crippen LogP contribution in [0.4, 0.5) is 5.13 Å². The fraction of sp³-hybridized carbons (Fsp3) is 0.234. The molecule has 5 aromatic carbocycles. The van der Waals surface area contributed by atoms with Gasteiger partial charge in [-0.05, 0) is 101 Å². The number of carbonyl (C=O) groups excluding carboxylic acids is 2. The summed E-state index contributed by atoms with van der Waals surface area (Å²) >= 11 is 13.6. The number of aryl methyl sites for hydroxylation is 1. The molecule has 3 heterocycles. The van der Waals surface area contributed by atoms with Crippen LogP contribution in [0.15, 0.2) is 103 Å². The van der Waals surface area contributed by atoms with E-state index in [9.17, 15) is 9.59 Å². The van der Waals surface area contributed by atoms with Crippen LogP contribution in [-0.4, -0.2) is 47.6 Å². The Hall–Kier alpha value is -6.10. The maximum absolute atomic E-state index is 14.4. The van der Waals surface area contributed by atoms with Crippen LogP contribution in [0.1, 0.15) is 50.1 Å². The Labute approximate surface area is 367 Å². The largest absolute Gasteiger partial charge is 0.489 e. The molecule has 0 fully saturated rings. The quantitative estimate of drug-likeness (QED) is 0.114. The van der Waals surface area contributed by atoms with Gasteiger partial charge in [0.15, 0.2) is 22.7 Å². The van der Waals surface area contributed by atoms with Crippen molar-refractivity contribution in [3.05, 3.63) is 157 Å². The summed E-state index contributed by atoms with van der Waals surface area (Å²) in [5.74, 6) is 1.08. The van der Waals surface area contributed by atoms with Gasteiger partial charge in [-0.25, -0.2) is 9.78 Å².